The van der Waals surface area contributed by atoms with Gasteiger partial charge < -0.3 is 14.8 Å². The molecule has 0 unspecified atom stereocenters. The van der Waals surface area contributed by atoms with Crippen molar-refractivity contribution in [3.8, 4) is 11.5 Å². The van der Waals surface area contributed by atoms with Gasteiger partial charge in [-0.25, -0.2) is 0 Å². The Balaban J connectivity index is 1.54. The van der Waals surface area contributed by atoms with Gasteiger partial charge in [-0.05, 0) is 37.1 Å². The van der Waals surface area contributed by atoms with E-state index in [1.165, 1.54) is 17.3 Å². The standard InChI is InChI=1S/C21H25NO3S/c1-3-16(17-7-5-4-6-8-17)14-22-21(23)15(2)26-18-9-10-19-20(13-18)25-12-11-24-19/h4-10,13,15-16H,3,11-12,14H2,1-2H3,(H,22,23)/t15-,16-/m0/s1. The molecule has 2 aromatic carbocycles. The second kappa shape index (κ2) is 8.99. The molecule has 0 bridgehead atoms. The van der Waals surface area contributed by atoms with Gasteiger partial charge in [-0.3, -0.25) is 4.79 Å². The van der Waals surface area contributed by atoms with E-state index < -0.39 is 0 Å². The predicted octanol–water partition coefficient (Wildman–Crippen LogP) is 4.25. The van der Waals surface area contributed by atoms with Gasteiger partial charge in [0.2, 0.25) is 5.91 Å². The first-order valence-corrected chi connectivity index (χ1v) is 9.94. The van der Waals surface area contributed by atoms with Gasteiger partial charge >= 0.3 is 0 Å². The summed E-state index contributed by atoms with van der Waals surface area (Å²) in [6.07, 6.45) is 0.994. The van der Waals surface area contributed by atoms with Crippen molar-refractivity contribution in [1.82, 2.24) is 5.32 Å². The van der Waals surface area contributed by atoms with Crippen molar-refractivity contribution in [1.29, 1.82) is 0 Å². The summed E-state index contributed by atoms with van der Waals surface area (Å²) in [5.41, 5.74) is 1.27. The maximum Gasteiger partial charge on any atom is 0.233 e. The highest BCUT2D eigenvalue weighted by molar-refractivity contribution is 8.00. The number of fused-ring (bicyclic) bond motifs is 1. The maximum absolute atomic E-state index is 12.5. The Hall–Kier alpha value is -2.14. The molecule has 1 heterocycles. The lowest BCUT2D eigenvalue weighted by atomic mass is 9.96. The monoisotopic (exact) mass is 371 g/mol. The molecule has 26 heavy (non-hydrogen) atoms. The van der Waals surface area contributed by atoms with Crippen molar-refractivity contribution in [2.45, 2.75) is 36.3 Å². The normalized spacial score (nSPS) is 15.2. The van der Waals surface area contributed by atoms with Crippen LogP contribution in [0.15, 0.2) is 53.4 Å². The lowest BCUT2D eigenvalue weighted by Crippen LogP contribution is -2.34. The topological polar surface area (TPSA) is 47.6 Å². The van der Waals surface area contributed by atoms with Crippen LogP contribution >= 0.6 is 11.8 Å². The number of hydrogen-bond donors (Lipinski definition) is 1. The van der Waals surface area contributed by atoms with Gasteiger partial charge in [0.1, 0.15) is 13.2 Å². The number of carbonyl (C=O) groups excluding carboxylic acids is 1. The Morgan fingerprint density at radius 1 is 1.12 bits per heavy atom. The third kappa shape index (κ3) is 4.73. The number of thioether (sulfide) groups is 1. The number of rotatable bonds is 7. The number of nitrogens with one attached hydrogen (secondary N) is 1. The van der Waals surface area contributed by atoms with Crippen molar-refractivity contribution in [2.75, 3.05) is 19.8 Å². The van der Waals surface area contributed by atoms with Crippen molar-refractivity contribution in [2.24, 2.45) is 0 Å². The number of benzene rings is 2. The van der Waals surface area contributed by atoms with Crippen LogP contribution in [0.1, 0.15) is 31.7 Å². The van der Waals surface area contributed by atoms with Crippen LogP contribution in [0.2, 0.25) is 0 Å². The fourth-order valence-corrected chi connectivity index (χ4v) is 3.87. The molecule has 1 amide bonds. The third-order valence-electron chi connectivity index (χ3n) is 4.48. The van der Waals surface area contributed by atoms with E-state index in [1.807, 2.05) is 43.3 Å². The van der Waals surface area contributed by atoms with Gasteiger partial charge in [0.25, 0.3) is 0 Å². The van der Waals surface area contributed by atoms with Crippen molar-refractivity contribution in [3.63, 3.8) is 0 Å². The molecule has 0 radical (unpaired) electrons. The third-order valence-corrected chi connectivity index (χ3v) is 5.58. The molecule has 0 spiro atoms. The van der Waals surface area contributed by atoms with Crippen LogP contribution in [0.3, 0.4) is 0 Å². The molecule has 0 aliphatic carbocycles. The zero-order chi connectivity index (χ0) is 18.4. The summed E-state index contributed by atoms with van der Waals surface area (Å²) in [7, 11) is 0. The van der Waals surface area contributed by atoms with Crippen LogP contribution in [0.25, 0.3) is 0 Å². The quantitative estimate of drug-likeness (QED) is 0.739. The molecule has 1 N–H and O–H groups in total. The number of carbonyl (C=O) groups is 1. The first-order chi connectivity index (χ1) is 12.7. The molecule has 138 valence electrons. The summed E-state index contributed by atoms with van der Waals surface area (Å²) >= 11 is 1.53. The molecule has 0 saturated heterocycles. The summed E-state index contributed by atoms with van der Waals surface area (Å²) < 4.78 is 11.1. The first-order valence-electron chi connectivity index (χ1n) is 9.06. The Bertz CT molecular complexity index is 735. The average Bonchev–Trinajstić information content (AvgIpc) is 2.69. The van der Waals surface area contributed by atoms with Gasteiger partial charge in [-0.1, -0.05) is 37.3 Å². The molecule has 1 aliphatic rings. The van der Waals surface area contributed by atoms with E-state index >= 15 is 0 Å². The van der Waals surface area contributed by atoms with Gasteiger partial charge in [0.05, 0.1) is 5.25 Å². The van der Waals surface area contributed by atoms with Crippen LogP contribution < -0.4 is 14.8 Å². The minimum atomic E-state index is -0.175. The van der Waals surface area contributed by atoms with Gasteiger partial charge in [0, 0.05) is 17.4 Å². The van der Waals surface area contributed by atoms with E-state index in [4.69, 9.17) is 9.47 Å². The Kier molecular flexibility index (Phi) is 6.45. The molecule has 3 rings (SSSR count). The Labute approximate surface area is 159 Å². The zero-order valence-corrected chi connectivity index (χ0v) is 16.1. The number of amides is 1. The molecule has 4 nitrogen and oxygen atoms in total. The first kappa shape index (κ1) is 18.6. The SMILES string of the molecule is CC[C@@H](CNC(=O)[C@H](C)Sc1ccc2c(c1)OCCO2)c1ccccc1. The van der Waals surface area contributed by atoms with Crippen LogP contribution in [-0.4, -0.2) is 30.9 Å². The Morgan fingerprint density at radius 3 is 2.58 bits per heavy atom. The molecule has 2 aromatic rings. The summed E-state index contributed by atoms with van der Waals surface area (Å²) in [5.74, 6) is 1.92. The molecular formula is C21H25NO3S. The van der Waals surface area contributed by atoms with Crippen molar-refractivity contribution < 1.29 is 14.3 Å². The summed E-state index contributed by atoms with van der Waals surface area (Å²) in [6, 6.07) is 16.2. The number of ether oxygens (including phenoxy) is 2. The average molecular weight is 372 g/mol. The van der Waals surface area contributed by atoms with E-state index in [9.17, 15) is 4.79 Å². The second-order valence-electron chi connectivity index (χ2n) is 6.33. The van der Waals surface area contributed by atoms with Gasteiger partial charge in [0.15, 0.2) is 11.5 Å². The largest absolute Gasteiger partial charge is 0.486 e. The van der Waals surface area contributed by atoms with Gasteiger partial charge in [-0.2, -0.15) is 0 Å². The highest BCUT2D eigenvalue weighted by Gasteiger charge is 2.18. The highest BCUT2D eigenvalue weighted by atomic mass is 32.2. The highest BCUT2D eigenvalue weighted by Crippen LogP contribution is 2.35. The van der Waals surface area contributed by atoms with Crippen LogP contribution in [0, 0.1) is 0 Å². The molecule has 0 saturated carbocycles. The van der Waals surface area contributed by atoms with Gasteiger partial charge in [-0.15, -0.1) is 11.8 Å². The van der Waals surface area contributed by atoms with E-state index in [2.05, 4.69) is 24.4 Å². The maximum atomic E-state index is 12.5. The second-order valence-corrected chi connectivity index (χ2v) is 7.74. The summed E-state index contributed by atoms with van der Waals surface area (Å²) in [4.78, 5) is 13.5. The fourth-order valence-electron chi connectivity index (χ4n) is 2.95. The number of hydrogen-bond acceptors (Lipinski definition) is 4. The van der Waals surface area contributed by atoms with Crippen molar-refractivity contribution in [3.05, 3.63) is 54.1 Å². The minimum absolute atomic E-state index is 0.0549. The molecular weight excluding hydrogens is 346 g/mol. The fraction of sp³-hybridized carbons (Fsp3) is 0.381. The zero-order valence-electron chi connectivity index (χ0n) is 15.2. The minimum Gasteiger partial charge on any atom is -0.486 e. The molecule has 0 fully saturated rings. The predicted molar refractivity (Wildman–Crippen MR) is 105 cm³/mol. The summed E-state index contributed by atoms with van der Waals surface area (Å²) in [5, 5.41) is 2.92. The van der Waals surface area contributed by atoms with E-state index in [1.54, 1.807) is 0 Å². The molecule has 1 aliphatic heterocycles. The van der Waals surface area contributed by atoms with Crippen LogP contribution in [-0.2, 0) is 4.79 Å². The molecule has 5 heteroatoms. The lowest BCUT2D eigenvalue weighted by molar-refractivity contribution is -0.120. The van der Waals surface area contributed by atoms with Crippen LogP contribution in [0.5, 0.6) is 11.5 Å². The summed E-state index contributed by atoms with van der Waals surface area (Å²) in [6.45, 7) is 5.89. The molecule has 2 atom stereocenters. The lowest BCUT2D eigenvalue weighted by Gasteiger charge is -2.20. The molecule has 0 aromatic heterocycles. The smallest absolute Gasteiger partial charge is 0.233 e. The van der Waals surface area contributed by atoms with Crippen molar-refractivity contribution >= 4 is 17.7 Å². The Morgan fingerprint density at radius 2 is 1.85 bits per heavy atom. The van der Waals surface area contributed by atoms with Crippen LogP contribution in [0.4, 0.5) is 0 Å². The van der Waals surface area contributed by atoms with E-state index in [-0.39, 0.29) is 11.2 Å². The van der Waals surface area contributed by atoms with E-state index in [0.29, 0.717) is 25.7 Å². The van der Waals surface area contributed by atoms with E-state index in [0.717, 1.165) is 22.8 Å².